The van der Waals surface area contributed by atoms with Gasteiger partial charge in [-0.3, -0.25) is 9.20 Å². The highest BCUT2D eigenvalue weighted by Gasteiger charge is 2.31. The van der Waals surface area contributed by atoms with Crippen molar-refractivity contribution in [2.75, 3.05) is 19.6 Å². The normalized spacial score (nSPS) is 17.0. The van der Waals surface area contributed by atoms with Crippen molar-refractivity contribution in [1.29, 1.82) is 0 Å². The van der Waals surface area contributed by atoms with Crippen molar-refractivity contribution >= 4 is 36.4 Å². The van der Waals surface area contributed by atoms with Gasteiger partial charge in [-0.1, -0.05) is 0 Å². The van der Waals surface area contributed by atoms with Crippen LogP contribution in [0.4, 0.5) is 0 Å². The second kappa shape index (κ2) is 7.81. The first-order valence-corrected chi connectivity index (χ1v) is 7.52. The number of hydrogen-bond donors (Lipinski definition) is 1. The lowest BCUT2D eigenvalue weighted by Gasteiger charge is -2.35. The number of fused-ring (bicyclic) bond motifs is 1. The Bertz CT molecular complexity index is 862. The van der Waals surface area contributed by atoms with Crippen LogP contribution in [0.15, 0.2) is 37.1 Å². The molecule has 1 aliphatic heterocycles. The first kappa shape index (κ1) is 19.2. The average molecular weight is 384 g/mol. The van der Waals surface area contributed by atoms with Crippen molar-refractivity contribution in [3.8, 4) is 0 Å². The molecule has 4 rings (SSSR count). The van der Waals surface area contributed by atoms with Gasteiger partial charge in [-0.05, 0) is 12.1 Å². The van der Waals surface area contributed by atoms with Crippen molar-refractivity contribution in [2.45, 2.75) is 6.04 Å². The van der Waals surface area contributed by atoms with Gasteiger partial charge in [-0.25, -0.2) is 4.98 Å². The predicted molar refractivity (Wildman–Crippen MR) is 97.3 cm³/mol. The van der Waals surface area contributed by atoms with Gasteiger partial charge in [-0.15, -0.1) is 35.0 Å². The molecule has 1 N–H and O–H groups in total. The first-order chi connectivity index (χ1) is 11.2. The number of carbonyl (C=O) groups excluding carboxylic acids is 1. The van der Waals surface area contributed by atoms with Crippen molar-refractivity contribution in [1.82, 2.24) is 34.4 Å². The topological polar surface area (TPSA) is 80.3 Å². The smallest absolute Gasteiger partial charge is 0.256 e. The van der Waals surface area contributed by atoms with Crippen molar-refractivity contribution < 1.29 is 4.79 Å². The van der Waals surface area contributed by atoms with Gasteiger partial charge < -0.3 is 14.8 Å². The molecule has 0 spiro atoms. The van der Waals surface area contributed by atoms with E-state index >= 15 is 0 Å². The van der Waals surface area contributed by atoms with E-state index in [1.165, 1.54) is 0 Å². The van der Waals surface area contributed by atoms with Crippen LogP contribution in [0.5, 0.6) is 0 Å². The SMILES string of the molecule is Cl.Cl.Cn1ccnc1C1CNCCN1C(=O)c1ccc2nncn2c1. The highest BCUT2D eigenvalue weighted by atomic mass is 35.5. The van der Waals surface area contributed by atoms with Gasteiger partial charge in [0.25, 0.3) is 5.91 Å². The lowest BCUT2D eigenvalue weighted by molar-refractivity contribution is 0.0620. The maximum atomic E-state index is 13.0. The maximum Gasteiger partial charge on any atom is 0.256 e. The van der Waals surface area contributed by atoms with Crippen LogP contribution in [0.1, 0.15) is 22.2 Å². The van der Waals surface area contributed by atoms with Crippen LogP contribution in [0.3, 0.4) is 0 Å². The first-order valence-electron chi connectivity index (χ1n) is 7.52. The molecule has 3 aromatic heterocycles. The Kier molecular flexibility index (Phi) is 5.99. The minimum Gasteiger partial charge on any atom is -0.336 e. The number of piperazine rings is 1. The van der Waals surface area contributed by atoms with Gasteiger partial charge in [0.2, 0.25) is 0 Å². The highest BCUT2D eigenvalue weighted by molar-refractivity contribution is 5.94. The van der Waals surface area contributed by atoms with E-state index in [1.54, 1.807) is 35.3 Å². The fourth-order valence-electron chi connectivity index (χ4n) is 3.00. The summed E-state index contributed by atoms with van der Waals surface area (Å²) in [4.78, 5) is 19.3. The van der Waals surface area contributed by atoms with E-state index in [0.29, 0.717) is 18.7 Å². The number of aromatic nitrogens is 5. The predicted octanol–water partition coefficient (Wildman–Crippen LogP) is 1.09. The van der Waals surface area contributed by atoms with Crippen LogP contribution in [-0.4, -0.2) is 54.6 Å². The number of nitrogens with zero attached hydrogens (tertiary/aromatic N) is 6. The maximum absolute atomic E-state index is 13.0. The summed E-state index contributed by atoms with van der Waals surface area (Å²) in [5.41, 5.74) is 1.35. The average Bonchev–Trinajstić information content (AvgIpc) is 3.22. The van der Waals surface area contributed by atoms with E-state index in [-0.39, 0.29) is 36.8 Å². The molecule has 0 aromatic carbocycles. The van der Waals surface area contributed by atoms with Gasteiger partial charge in [0.05, 0.1) is 5.56 Å². The molecule has 1 unspecified atom stereocenters. The van der Waals surface area contributed by atoms with Crippen LogP contribution in [-0.2, 0) is 7.05 Å². The quantitative estimate of drug-likeness (QED) is 0.716. The third-order valence-electron chi connectivity index (χ3n) is 4.20. The summed E-state index contributed by atoms with van der Waals surface area (Å²) in [7, 11) is 1.95. The van der Waals surface area contributed by atoms with Crippen LogP contribution in [0, 0.1) is 0 Å². The molecule has 3 aromatic rings. The van der Waals surface area contributed by atoms with Crippen LogP contribution in [0.25, 0.3) is 5.65 Å². The zero-order valence-corrected chi connectivity index (χ0v) is 15.2. The highest BCUT2D eigenvalue weighted by Crippen LogP contribution is 2.22. The van der Waals surface area contributed by atoms with E-state index in [4.69, 9.17) is 0 Å². The molecule has 8 nitrogen and oxygen atoms in total. The minimum atomic E-state index is -0.0761. The molecule has 1 saturated heterocycles. The number of nitrogens with one attached hydrogen (secondary N) is 1. The van der Waals surface area contributed by atoms with E-state index in [2.05, 4.69) is 20.5 Å². The molecule has 4 heterocycles. The molecule has 0 bridgehead atoms. The lowest BCUT2D eigenvalue weighted by Crippen LogP contribution is -2.49. The van der Waals surface area contributed by atoms with Crippen molar-refractivity contribution in [3.05, 3.63) is 48.4 Å². The Morgan fingerprint density at radius 1 is 1.32 bits per heavy atom. The fraction of sp³-hybridized carbons (Fsp3) is 0.333. The molecule has 0 saturated carbocycles. The molecule has 1 aliphatic rings. The summed E-state index contributed by atoms with van der Waals surface area (Å²) in [5, 5.41) is 11.1. The van der Waals surface area contributed by atoms with Crippen molar-refractivity contribution in [3.63, 3.8) is 0 Å². The largest absolute Gasteiger partial charge is 0.336 e. The number of carbonyl (C=O) groups is 1. The number of amides is 1. The second-order valence-electron chi connectivity index (χ2n) is 5.63. The summed E-state index contributed by atoms with van der Waals surface area (Å²) in [6.07, 6.45) is 7.03. The molecular formula is C15H19Cl2N7O. The minimum absolute atomic E-state index is 0. The van der Waals surface area contributed by atoms with Gasteiger partial charge in [-0.2, -0.15) is 0 Å². The van der Waals surface area contributed by atoms with E-state index in [0.717, 1.165) is 18.0 Å². The van der Waals surface area contributed by atoms with Gasteiger partial charge in [0.15, 0.2) is 5.65 Å². The van der Waals surface area contributed by atoms with Crippen LogP contribution >= 0.6 is 24.8 Å². The van der Waals surface area contributed by atoms with Gasteiger partial charge >= 0.3 is 0 Å². The monoisotopic (exact) mass is 383 g/mol. The van der Waals surface area contributed by atoms with E-state index in [1.807, 2.05) is 22.7 Å². The van der Waals surface area contributed by atoms with E-state index in [9.17, 15) is 4.79 Å². The third-order valence-corrected chi connectivity index (χ3v) is 4.20. The summed E-state index contributed by atoms with van der Waals surface area (Å²) in [5.74, 6) is 0.881. The number of pyridine rings is 1. The standard InChI is InChI=1S/C15H17N7O.2ClH/c1-20-6-5-17-14(20)12-8-16-4-7-22(12)15(23)11-2-3-13-19-18-10-21(13)9-11;;/h2-3,5-6,9-10,12,16H,4,7-8H2,1H3;2*1H. The number of rotatable bonds is 2. The third kappa shape index (κ3) is 3.46. The Hall–Kier alpha value is -2.16. The molecular weight excluding hydrogens is 365 g/mol. The van der Waals surface area contributed by atoms with Crippen LogP contribution in [0.2, 0.25) is 0 Å². The molecule has 134 valence electrons. The van der Waals surface area contributed by atoms with Gasteiger partial charge in [0, 0.05) is 45.3 Å². The Balaban J connectivity index is 0.00000113. The zero-order chi connectivity index (χ0) is 15.8. The Morgan fingerprint density at radius 3 is 2.92 bits per heavy atom. The zero-order valence-electron chi connectivity index (χ0n) is 13.6. The molecule has 0 radical (unpaired) electrons. The summed E-state index contributed by atoms with van der Waals surface area (Å²) < 4.78 is 3.71. The second-order valence-corrected chi connectivity index (χ2v) is 5.63. The van der Waals surface area contributed by atoms with E-state index < -0.39 is 0 Å². The summed E-state index contributed by atoms with van der Waals surface area (Å²) >= 11 is 0. The van der Waals surface area contributed by atoms with Crippen molar-refractivity contribution in [2.24, 2.45) is 7.05 Å². The molecule has 10 heteroatoms. The number of aryl methyl sites for hydroxylation is 1. The lowest BCUT2D eigenvalue weighted by atomic mass is 10.1. The number of halogens is 2. The molecule has 1 atom stereocenters. The van der Waals surface area contributed by atoms with Crippen LogP contribution < -0.4 is 5.32 Å². The molecule has 1 fully saturated rings. The molecule has 0 aliphatic carbocycles. The molecule has 1 amide bonds. The number of hydrogen-bond acceptors (Lipinski definition) is 5. The Morgan fingerprint density at radius 2 is 2.16 bits per heavy atom. The number of imidazole rings is 1. The summed E-state index contributed by atoms with van der Waals surface area (Å²) in [6.45, 7) is 2.13. The Labute approximate surface area is 157 Å². The summed E-state index contributed by atoms with van der Waals surface area (Å²) in [6, 6.07) is 3.52. The van der Waals surface area contributed by atoms with Gasteiger partial charge in [0.1, 0.15) is 18.2 Å². The molecule has 25 heavy (non-hydrogen) atoms. The fourth-order valence-corrected chi connectivity index (χ4v) is 3.00.